The Morgan fingerprint density at radius 3 is 2.59 bits per heavy atom. The van der Waals surface area contributed by atoms with E-state index in [2.05, 4.69) is 11.4 Å². The van der Waals surface area contributed by atoms with Gasteiger partial charge in [-0.15, -0.1) is 0 Å². The van der Waals surface area contributed by atoms with Gasteiger partial charge in [-0.05, 0) is 65.2 Å². The van der Waals surface area contributed by atoms with Gasteiger partial charge in [0.2, 0.25) is 5.91 Å². The number of aliphatic hydroxyl groups is 2. The van der Waals surface area contributed by atoms with Crippen LogP contribution in [0.5, 0.6) is 0 Å². The van der Waals surface area contributed by atoms with Crippen molar-refractivity contribution in [1.29, 1.82) is 0 Å². The first-order valence-electron chi connectivity index (χ1n) is 11.4. The van der Waals surface area contributed by atoms with E-state index in [1.165, 1.54) is 12.8 Å². The molecule has 1 aliphatic rings. The number of methoxy groups -OCH3 is 1. The van der Waals surface area contributed by atoms with Crippen LogP contribution in [0.2, 0.25) is 0 Å². The van der Waals surface area contributed by atoms with E-state index >= 15 is 0 Å². The molecular weight excluding hydrogens is 366 g/mol. The minimum absolute atomic E-state index is 0.0924. The summed E-state index contributed by atoms with van der Waals surface area (Å²) in [6.07, 6.45) is 17.3. The van der Waals surface area contributed by atoms with Crippen molar-refractivity contribution in [3.63, 3.8) is 0 Å². The molecule has 3 N–H and O–H groups in total. The van der Waals surface area contributed by atoms with Crippen LogP contribution < -0.4 is 5.32 Å². The van der Waals surface area contributed by atoms with E-state index in [4.69, 9.17) is 4.74 Å². The van der Waals surface area contributed by atoms with Gasteiger partial charge < -0.3 is 20.3 Å². The molecule has 0 aliphatic heterocycles. The molecule has 0 heterocycles. The van der Waals surface area contributed by atoms with Crippen molar-refractivity contribution < 1.29 is 19.7 Å². The molecule has 0 aromatic rings. The summed E-state index contributed by atoms with van der Waals surface area (Å²) in [5.74, 6) is -0.104. The number of amides is 1. The molecule has 5 heteroatoms. The van der Waals surface area contributed by atoms with Crippen molar-refractivity contribution in [2.75, 3.05) is 13.7 Å². The number of allylic oxidation sites excluding steroid dienone is 2. The Balaban J connectivity index is 2.31. The molecule has 0 aromatic heterocycles. The number of hydrogen-bond donors (Lipinski definition) is 3. The Hall–Kier alpha value is -1.17. The molecule has 168 valence electrons. The molecule has 0 saturated heterocycles. The molecule has 1 aliphatic carbocycles. The summed E-state index contributed by atoms with van der Waals surface area (Å²) < 4.78 is 5.06. The van der Waals surface area contributed by atoms with E-state index in [1.54, 1.807) is 7.11 Å². The van der Waals surface area contributed by atoms with Crippen LogP contribution in [0.3, 0.4) is 0 Å². The molecule has 0 spiro atoms. The lowest BCUT2D eigenvalue weighted by Gasteiger charge is -2.28. The van der Waals surface area contributed by atoms with Gasteiger partial charge in [-0.2, -0.15) is 0 Å². The molecular formula is C24H43NO4. The summed E-state index contributed by atoms with van der Waals surface area (Å²) in [5, 5.41) is 24.2. The second-order valence-corrected chi connectivity index (χ2v) is 8.65. The topological polar surface area (TPSA) is 78.8 Å². The zero-order chi connectivity index (χ0) is 21.5. The van der Waals surface area contributed by atoms with E-state index in [0.717, 1.165) is 38.7 Å². The highest BCUT2D eigenvalue weighted by molar-refractivity contribution is 5.76. The van der Waals surface area contributed by atoms with E-state index in [0.29, 0.717) is 25.7 Å². The number of hydrogen-bond acceptors (Lipinski definition) is 4. The Morgan fingerprint density at radius 1 is 1.14 bits per heavy atom. The lowest BCUT2D eigenvalue weighted by Crippen LogP contribution is -2.35. The third-order valence-electron chi connectivity index (χ3n) is 5.58. The van der Waals surface area contributed by atoms with Crippen LogP contribution in [0, 0.1) is 5.92 Å². The molecule has 1 amide bonds. The molecule has 0 radical (unpaired) electrons. The third kappa shape index (κ3) is 11.0. The molecule has 1 saturated carbocycles. The normalized spacial score (nSPS) is 24.9. The van der Waals surface area contributed by atoms with Gasteiger partial charge >= 0.3 is 0 Å². The fourth-order valence-electron chi connectivity index (χ4n) is 3.93. The van der Waals surface area contributed by atoms with Crippen LogP contribution in [0.4, 0.5) is 0 Å². The maximum atomic E-state index is 11.6. The van der Waals surface area contributed by atoms with Crippen LogP contribution in [-0.2, 0) is 9.53 Å². The predicted molar refractivity (Wildman–Crippen MR) is 119 cm³/mol. The maximum Gasteiger partial charge on any atom is 0.220 e. The van der Waals surface area contributed by atoms with Crippen molar-refractivity contribution in [3.05, 3.63) is 24.3 Å². The number of rotatable bonds is 15. The first-order chi connectivity index (χ1) is 13.9. The lowest BCUT2D eigenvalue weighted by molar-refractivity contribution is -0.121. The van der Waals surface area contributed by atoms with E-state index in [9.17, 15) is 15.0 Å². The largest absolute Gasteiger partial charge is 0.392 e. The van der Waals surface area contributed by atoms with Crippen molar-refractivity contribution in [3.8, 4) is 0 Å². The highest BCUT2D eigenvalue weighted by Gasteiger charge is 2.44. The second kappa shape index (κ2) is 14.8. The Morgan fingerprint density at radius 2 is 1.86 bits per heavy atom. The molecule has 1 rings (SSSR count). The highest BCUT2D eigenvalue weighted by atomic mass is 16.5. The molecule has 1 fully saturated rings. The number of unbranched alkanes of at least 4 members (excludes halogenated alkanes) is 5. The first kappa shape index (κ1) is 25.9. The molecule has 0 aromatic carbocycles. The van der Waals surface area contributed by atoms with Crippen molar-refractivity contribution in [2.45, 2.75) is 102 Å². The predicted octanol–water partition coefficient (Wildman–Crippen LogP) is 4.28. The van der Waals surface area contributed by atoms with Gasteiger partial charge in [0.05, 0.1) is 11.7 Å². The number of carbonyl (C=O) groups excluding carboxylic acids is 1. The van der Waals surface area contributed by atoms with Crippen LogP contribution in [0.25, 0.3) is 0 Å². The fraction of sp³-hybridized carbons (Fsp3) is 0.792. The highest BCUT2D eigenvalue weighted by Crippen LogP contribution is 2.39. The summed E-state index contributed by atoms with van der Waals surface area (Å²) in [7, 11) is 1.73. The molecule has 5 nitrogen and oxygen atoms in total. The van der Waals surface area contributed by atoms with Gasteiger partial charge in [0.1, 0.15) is 0 Å². The summed E-state index contributed by atoms with van der Waals surface area (Å²) >= 11 is 0. The van der Waals surface area contributed by atoms with E-state index in [-0.39, 0.29) is 17.9 Å². The van der Waals surface area contributed by atoms with Gasteiger partial charge in [0.15, 0.2) is 0 Å². The smallest absolute Gasteiger partial charge is 0.220 e. The minimum Gasteiger partial charge on any atom is -0.392 e. The average Bonchev–Trinajstić information content (AvgIpc) is 2.94. The Bertz CT molecular complexity index is 503. The third-order valence-corrected chi connectivity index (χ3v) is 5.58. The van der Waals surface area contributed by atoms with Crippen molar-refractivity contribution in [1.82, 2.24) is 5.32 Å². The standard InChI is InChI=1S/C24H43NO4/c1-20(2)25-23(27)15-11-7-8-12-17-24(28)18-16-22(26)21(24)14-10-6-4-5-9-13-19-29-3/h8,10,12,14,20-22,26,28H,4-7,9,11,13,15-19H2,1-3H3,(H,25,27)/t21-,22+,24?/m1/s1. The first-order valence-corrected chi connectivity index (χ1v) is 11.4. The number of aliphatic hydroxyl groups excluding tert-OH is 1. The van der Waals surface area contributed by atoms with Gasteiger partial charge in [0, 0.05) is 32.1 Å². The Labute approximate surface area is 177 Å². The Kier molecular flexibility index (Phi) is 13.2. The number of ether oxygens (including phenoxy) is 1. The van der Waals surface area contributed by atoms with Gasteiger partial charge in [-0.3, -0.25) is 4.79 Å². The minimum atomic E-state index is -0.861. The summed E-state index contributed by atoms with van der Waals surface area (Å²) in [6, 6.07) is 0.182. The fourth-order valence-corrected chi connectivity index (χ4v) is 3.93. The quantitative estimate of drug-likeness (QED) is 0.279. The van der Waals surface area contributed by atoms with Crippen molar-refractivity contribution >= 4 is 5.91 Å². The summed E-state index contributed by atoms with van der Waals surface area (Å²) in [6.45, 7) is 4.75. The number of carbonyl (C=O) groups is 1. The van der Waals surface area contributed by atoms with Gasteiger partial charge in [-0.1, -0.05) is 37.1 Å². The molecule has 0 bridgehead atoms. The van der Waals surface area contributed by atoms with E-state index < -0.39 is 11.7 Å². The molecule has 1 unspecified atom stereocenters. The summed E-state index contributed by atoms with van der Waals surface area (Å²) in [5.41, 5.74) is -0.861. The average molecular weight is 410 g/mol. The zero-order valence-corrected chi connectivity index (χ0v) is 18.7. The second-order valence-electron chi connectivity index (χ2n) is 8.65. The van der Waals surface area contributed by atoms with Crippen LogP contribution >= 0.6 is 0 Å². The lowest BCUT2D eigenvalue weighted by atomic mass is 9.86. The summed E-state index contributed by atoms with van der Waals surface area (Å²) in [4.78, 5) is 11.6. The molecule has 3 atom stereocenters. The van der Waals surface area contributed by atoms with E-state index in [1.807, 2.05) is 32.1 Å². The molecule has 29 heavy (non-hydrogen) atoms. The van der Waals surface area contributed by atoms with Crippen molar-refractivity contribution in [2.24, 2.45) is 5.92 Å². The van der Waals surface area contributed by atoms with Crippen LogP contribution in [0.15, 0.2) is 24.3 Å². The van der Waals surface area contributed by atoms with Gasteiger partial charge in [-0.25, -0.2) is 0 Å². The van der Waals surface area contributed by atoms with Crippen LogP contribution in [0.1, 0.15) is 84.5 Å². The zero-order valence-electron chi connectivity index (χ0n) is 18.7. The number of nitrogens with one attached hydrogen (secondary N) is 1. The monoisotopic (exact) mass is 409 g/mol. The maximum absolute atomic E-state index is 11.6. The van der Waals surface area contributed by atoms with Gasteiger partial charge in [0.25, 0.3) is 0 Å². The van der Waals surface area contributed by atoms with Crippen LogP contribution in [-0.4, -0.2) is 47.6 Å². The SMILES string of the molecule is COCCCCCCC=C[C@@H]1[C@@H](O)CCC1(O)CC=CCCCC(=O)NC(C)C.